The van der Waals surface area contributed by atoms with Crippen LogP contribution in [-0.2, 0) is 0 Å². The van der Waals surface area contributed by atoms with Crippen LogP contribution in [0.1, 0.15) is 25.5 Å². The Morgan fingerprint density at radius 1 is 1.46 bits per heavy atom. The normalized spacial score (nSPS) is 11.3. The largest absolute Gasteiger partial charge is 0.506 e. The number of aromatic nitrogens is 3. The van der Waals surface area contributed by atoms with Gasteiger partial charge in [-0.2, -0.15) is 14.8 Å². The van der Waals surface area contributed by atoms with E-state index in [2.05, 4.69) is 10.2 Å². The molecule has 0 radical (unpaired) electrons. The maximum atomic E-state index is 9.59. The summed E-state index contributed by atoms with van der Waals surface area (Å²) in [6.45, 7) is 3.97. The van der Waals surface area contributed by atoms with Crippen molar-refractivity contribution in [3.63, 3.8) is 0 Å². The van der Waals surface area contributed by atoms with Gasteiger partial charge in [-0.25, -0.2) is 0 Å². The first kappa shape index (κ1) is 8.04. The molecule has 0 aromatic carbocycles. The SMILES string of the molecule is CC(C)c1nn2nccc2cc1O. The van der Waals surface area contributed by atoms with Gasteiger partial charge in [0.05, 0.1) is 11.7 Å². The topological polar surface area (TPSA) is 50.4 Å². The molecule has 4 nitrogen and oxygen atoms in total. The standard InChI is InChI=1S/C9H11N3O/c1-6(2)9-8(13)5-7-3-4-10-12(7)11-9/h3-6,13H,1-2H3. The molecular weight excluding hydrogens is 166 g/mol. The molecule has 0 bridgehead atoms. The van der Waals surface area contributed by atoms with Crippen molar-refractivity contribution in [2.75, 3.05) is 0 Å². The second-order valence-corrected chi connectivity index (χ2v) is 3.32. The van der Waals surface area contributed by atoms with Crippen molar-refractivity contribution in [1.29, 1.82) is 0 Å². The van der Waals surface area contributed by atoms with Crippen molar-refractivity contribution in [1.82, 2.24) is 14.8 Å². The second kappa shape index (κ2) is 2.73. The fraction of sp³-hybridized carbons (Fsp3) is 0.333. The first-order valence-electron chi connectivity index (χ1n) is 4.22. The van der Waals surface area contributed by atoms with Crippen LogP contribution in [0, 0.1) is 0 Å². The fourth-order valence-electron chi connectivity index (χ4n) is 1.27. The molecule has 2 aromatic rings. The molecule has 13 heavy (non-hydrogen) atoms. The summed E-state index contributed by atoms with van der Waals surface area (Å²) >= 11 is 0. The number of rotatable bonds is 1. The van der Waals surface area contributed by atoms with E-state index in [4.69, 9.17) is 0 Å². The Hall–Kier alpha value is -1.58. The zero-order valence-electron chi connectivity index (χ0n) is 7.60. The van der Waals surface area contributed by atoms with Gasteiger partial charge >= 0.3 is 0 Å². The van der Waals surface area contributed by atoms with Crippen LogP contribution in [0.25, 0.3) is 5.52 Å². The van der Waals surface area contributed by atoms with E-state index in [9.17, 15) is 5.11 Å². The third-order valence-corrected chi connectivity index (χ3v) is 1.95. The van der Waals surface area contributed by atoms with Crippen LogP contribution >= 0.6 is 0 Å². The van der Waals surface area contributed by atoms with Crippen molar-refractivity contribution >= 4 is 5.52 Å². The molecule has 0 fully saturated rings. The van der Waals surface area contributed by atoms with Crippen molar-refractivity contribution < 1.29 is 5.11 Å². The Labute approximate surface area is 75.8 Å². The minimum Gasteiger partial charge on any atom is -0.506 e. The summed E-state index contributed by atoms with van der Waals surface area (Å²) in [7, 11) is 0. The van der Waals surface area contributed by atoms with E-state index in [0.717, 1.165) is 5.52 Å². The smallest absolute Gasteiger partial charge is 0.141 e. The molecule has 4 heteroatoms. The molecule has 0 aliphatic heterocycles. The number of hydrogen-bond acceptors (Lipinski definition) is 3. The predicted octanol–water partition coefficient (Wildman–Crippen LogP) is 1.56. The van der Waals surface area contributed by atoms with Crippen molar-refractivity contribution in [3.8, 4) is 5.75 Å². The quantitative estimate of drug-likeness (QED) is 0.719. The molecule has 2 rings (SSSR count). The van der Waals surface area contributed by atoms with Gasteiger partial charge in [0.25, 0.3) is 0 Å². The third kappa shape index (κ3) is 1.24. The highest BCUT2D eigenvalue weighted by Crippen LogP contribution is 2.23. The average Bonchev–Trinajstić information content (AvgIpc) is 2.48. The molecule has 0 saturated carbocycles. The van der Waals surface area contributed by atoms with Gasteiger partial charge < -0.3 is 5.11 Å². The second-order valence-electron chi connectivity index (χ2n) is 3.32. The van der Waals surface area contributed by atoms with E-state index in [-0.39, 0.29) is 11.7 Å². The van der Waals surface area contributed by atoms with Crippen molar-refractivity contribution in [2.45, 2.75) is 19.8 Å². The summed E-state index contributed by atoms with van der Waals surface area (Å²) in [6, 6.07) is 3.48. The van der Waals surface area contributed by atoms with Gasteiger partial charge in [0.15, 0.2) is 0 Å². The van der Waals surface area contributed by atoms with Gasteiger partial charge in [-0.05, 0) is 6.07 Å². The molecule has 0 aliphatic rings. The van der Waals surface area contributed by atoms with Crippen LogP contribution in [0.3, 0.4) is 0 Å². The minimum absolute atomic E-state index is 0.202. The van der Waals surface area contributed by atoms with E-state index in [1.165, 1.54) is 4.63 Å². The van der Waals surface area contributed by atoms with Crippen LogP contribution in [-0.4, -0.2) is 19.9 Å². The average molecular weight is 177 g/mol. The number of nitrogens with zero attached hydrogens (tertiary/aromatic N) is 3. The maximum absolute atomic E-state index is 9.59. The summed E-state index contributed by atoms with van der Waals surface area (Å²) in [5.74, 6) is 0.441. The Balaban J connectivity index is 2.69. The highest BCUT2D eigenvalue weighted by Gasteiger charge is 2.09. The van der Waals surface area contributed by atoms with Crippen molar-refractivity contribution in [2.24, 2.45) is 0 Å². The summed E-state index contributed by atoms with van der Waals surface area (Å²) in [4.78, 5) is 0. The molecule has 2 heterocycles. The van der Waals surface area contributed by atoms with Crippen LogP contribution in [0.2, 0.25) is 0 Å². The lowest BCUT2D eigenvalue weighted by Crippen LogP contribution is -2.01. The van der Waals surface area contributed by atoms with Crippen LogP contribution in [0.15, 0.2) is 18.3 Å². The van der Waals surface area contributed by atoms with Gasteiger partial charge in [0.1, 0.15) is 11.4 Å². The molecule has 0 atom stereocenters. The minimum atomic E-state index is 0.202. The van der Waals surface area contributed by atoms with E-state index in [0.29, 0.717) is 5.69 Å². The molecular formula is C9H11N3O. The molecule has 0 saturated heterocycles. The first-order chi connectivity index (χ1) is 6.18. The summed E-state index contributed by atoms with van der Waals surface area (Å²) in [5, 5.41) is 17.8. The molecule has 68 valence electrons. The monoisotopic (exact) mass is 177 g/mol. The summed E-state index contributed by atoms with van der Waals surface area (Å²) < 4.78 is 1.52. The Morgan fingerprint density at radius 2 is 2.23 bits per heavy atom. The molecule has 1 N–H and O–H groups in total. The summed E-state index contributed by atoms with van der Waals surface area (Å²) in [5.41, 5.74) is 1.48. The van der Waals surface area contributed by atoms with Crippen molar-refractivity contribution in [3.05, 3.63) is 24.0 Å². The Bertz CT molecular complexity index is 433. The zero-order valence-corrected chi connectivity index (χ0v) is 7.60. The molecule has 0 amide bonds. The number of fused-ring (bicyclic) bond motifs is 1. The van der Waals surface area contributed by atoms with E-state index in [1.54, 1.807) is 18.3 Å². The van der Waals surface area contributed by atoms with Crippen LogP contribution in [0.5, 0.6) is 5.75 Å². The van der Waals surface area contributed by atoms with Gasteiger partial charge in [-0.1, -0.05) is 13.8 Å². The van der Waals surface area contributed by atoms with Gasteiger partial charge in [-0.15, -0.1) is 0 Å². The van der Waals surface area contributed by atoms with E-state index < -0.39 is 0 Å². The number of hydrogen-bond donors (Lipinski definition) is 1. The highest BCUT2D eigenvalue weighted by molar-refractivity contribution is 5.49. The van der Waals surface area contributed by atoms with Gasteiger partial charge in [0.2, 0.25) is 0 Å². The zero-order chi connectivity index (χ0) is 9.42. The molecule has 0 aliphatic carbocycles. The first-order valence-corrected chi connectivity index (χ1v) is 4.22. The number of aromatic hydroxyl groups is 1. The fourth-order valence-corrected chi connectivity index (χ4v) is 1.27. The third-order valence-electron chi connectivity index (χ3n) is 1.95. The van der Waals surface area contributed by atoms with Gasteiger partial charge in [0, 0.05) is 12.0 Å². The molecule has 2 aromatic heterocycles. The summed E-state index contributed by atoms with van der Waals surface area (Å²) in [6.07, 6.45) is 1.66. The lowest BCUT2D eigenvalue weighted by molar-refractivity contribution is 0.455. The predicted molar refractivity (Wildman–Crippen MR) is 48.7 cm³/mol. The molecule has 0 spiro atoms. The highest BCUT2D eigenvalue weighted by atomic mass is 16.3. The van der Waals surface area contributed by atoms with Gasteiger partial charge in [-0.3, -0.25) is 0 Å². The van der Waals surface area contributed by atoms with Crippen LogP contribution < -0.4 is 0 Å². The lowest BCUT2D eigenvalue weighted by Gasteiger charge is -2.06. The lowest BCUT2D eigenvalue weighted by atomic mass is 10.1. The maximum Gasteiger partial charge on any atom is 0.141 e. The Kier molecular flexibility index (Phi) is 1.69. The molecule has 0 unspecified atom stereocenters. The van der Waals surface area contributed by atoms with E-state index >= 15 is 0 Å². The van der Waals surface area contributed by atoms with Crippen LogP contribution in [0.4, 0.5) is 0 Å². The van der Waals surface area contributed by atoms with E-state index in [1.807, 2.05) is 13.8 Å². The Morgan fingerprint density at radius 3 is 2.92 bits per heavy atom.